The molecule has 0 spiro atoms. The zero-order valence-electron chi connectivity index (χ0n) is 16.8. The molecule has 29 heavy (non-hydrogen) atoms. The molecule has 4 rings (SSSR count). The van der Waals surface area contributed by atoms with Gasteiger partial charge in [-0.2, -0.15) is 0 Å². The first-order valence-corrected chi connectivity index (χ1v) is 10.4. The second-order valence-electron chi connectivity index (χ2n) is 8.47. The van der Waals surface area contributed by atoms with Crippen LogP contribution in [0.5, 0.6) is 0 Å². The van der Waals surface area contributed by atoms with Crippen molar-refractivity contribution in [2.75, 3.05) is 32.7 Å². The van der Waals surface area contributed by atoms with Crippen LogP contribution in [-0.2, 0) is 6.42 Å². The van der Waals surface area contributed by atoms with E-state index in [1.165, 1.54) is 11.6 Å². The first-order chi connectivity index (χ1) is 14.0. The van der Waals surface area contributed by atoms with Crippen LogP contribution < -0.4 is 11.2 Å². The SMILES string of the molecule is CCCN1CC2CN(C(=O)c3cc(=O)[nH]c(=O)[nH]3)CC2(CCc2ccccc2)C1. The lowest BCUT2D eigenvalue weighted by atomic mass is 9.76. The van der Waals surface area contributed by atoms with E-state index in [9.17, 15) is 14.4 Å². The van der Waals surface area contributed by atoms with Crippen LogP contribution in [0, 0.1) is 11.3 Å². The third-order valence-corrected chi connectivity index (χ3v) is 6.40. The van der Waals surface area contributed by atoms with Gasteiger partial charge in [-0.25, -0.2) is 4.79 Å². The van der Waals surface area contributed by atoms with Gasteiger partial charge in [0.2, 0.25) is 0 Å². The van der Waals surface area contributed by atoms with E-state index in [1.54, 1.807) is 0 Å². The molecule has 0 bridgehead atoms. The van der Waals surface area contributed by atoms with Crippen molar-refractivity contribution >= 4 is 5.91 Å². The Morgan fingerprint density at radius 2 is 1.93 bits per heavy atom. The predicted octanol–water partition coefficient (Wildman–Crippen LogP) is 1.48. The number of carbonyl (C=O) groups excluding carboxylic acids is 1. The molecule has 2 atom stereocenters. The minimum absolute atomic E-state index is 0.0577. The number of aromatic amines is 2. The van der Waals surface area contributed by atoms with E-state index < -0.39 is 11.2 Å². The standard InChI is InChI=1S/C22H28N4O3/c1-2-10-25-12-17-13-26(20(28)18-11-19(27)24-21(29)23-18)15-22(17,14-25)9-8-16-6-4-3-5-7-16/h3-7,11,17H,2,8-10,12-15H2,1H3,(H2,23,24,27,29). The fraction of sp³-hybridized carbons (Fsp3) is 0.500. The van der Waals surface area contributed by atoms with E-state index >= 15 is 0 Å². The fourth-order valence-corrected chi connectivity index (χ4v) is 5.08. The van der Waals surface area contributed by atoms with Gasteiger partial charge in [-0.05, 0) is 37.3 Å². The molecule has 2 aliphatic heterocycles. The van der Waals surface area contributed by atoms with Gasteiger partial charge in [0.05, 0.1) is 0 Å². The molecule has 154 valence electrons. The highest BCUT2D eigenvalue weighted by Crippen LogP contribution is 2.46. The fourth-order valence-electron chi connectivity index (χ4n) is 5.08. The van der Waals surface area contributed by atoms with Crippen molar-refractivity contribution in [3.8, 4) is 0 Å². The van der Waals surface area contributed by atoms with Crippen LogP contribution in [0.4, 0.5) is 0 Å². The first-order valence-electron chi connectivity index (χ1n) is 10.4. The van der Waals surface area contributed by atoms with E-state index in [2.05, 4.69) is 46.1 Å². The number of hydrogen-bond acceptors (Lipinski definition) is 4. The number of benzene rings is 1. The average Bonchev–Trinajstić information content (AvgIpc) is 3.20. The maximum absolute atomic E-state index is 13.0. The summed E-state index contributed by atoms with van der Waals surface area (Å²) >= 11 is 0. The first kappa shape index (κ1) is 19.6. The molecule has 1 aromatic carbocycles. The molecule has 0 aliphatic carbocycles. The second kappa shape index (κ2) is 7.99. The second-order valence-corrected chi connectivity index (χ2v) is 8.47. The minimum atomic E-state index is -0.645. The zero-order valence-corrected chi connectivity index (χ0v) is 16.8. The number of hydrogen-bond donors (Lipinski definition) is 2. The lowest BCUT2D eigenvalue weighted by Crippen LogP contribution is -2.38. The Labute approximate surface area is 169 Å². The molecule has 7 heteroatoms. The van der Waals surface area contributed by atoms with Crippen molar-refractivity contribution in [1.82, 2.24) is 19.8 Å². The van der Waals surface area contributed by atoms with Crippen molar-refractivity contribution in [1.29, 1.82) is 0 Å². The van der Waals surface area contributed by atoms with E-state index in [0.717, 1.165) is 38.9 Å². The monoisotopic (exact) mass is 396 g/mol. The van der Waals surface area contributed by atoms with E-state index in [4.69, 9.17) is 0 Å². The largest absolute Gasteiger partial charge is 0.336 e. The Bertz CT molecular complexity index is 955. The topological polar surface area (TPSA) is 89.3 Å². The lowest BCUT2D eigenvalue weighted by Gasteiger charge is -2.29. The molecule has 2 unspecified atom stereocenters. The third kappa shape index (κ3) is 4.05. The van der Waals surface area contributed by atoms with Gasteiger partial charge in [-0.15, -0.1) is 0 Å². The predicted molar refractivity (Wildman–Crippen MR) is 111 cm³/mol. The summed E-state index contributed by atoms with van der Waals surface area (Å²) in [7, 11) is 0. The number of amides is 1. The Morgan fingerprint density at radius 3 is 2.66 bits per heavy atom. The molecule has 7 nitrogen and oxygen atoms in total. The van der Waals surface area contributed by atoms with Gasteiger partial charge in [0.1, 0.15) is 5.69 Å². The average molecular weight is 396 g/mol. The van der Waals surface area contributed by atoms with Crippen molar-refractivity contribution < 1.29 is 4.79 Å². The van der Waals surface area contributed by atoms with Crippen LogP contribution in [0.15, 0.2) is 46.0 Å². The molecule has 2 N–H and O–H groups in total. The molecule has 2 aromatic rings. The highest BCUT2D eigenvalue weighted by Gasteiger charge is 2.52. The van der Waals surface area contributed by atoms with Crippen molar-refractivity contribution in [2.45, 2.75) is 26.2 Å². The highest BCUT2D eigenvalue weighted by atomic mass is 16.2. The molecule has 0 saturated carbocycles. The molecule has 3 heterocycles. The maximum Gasteiger partial charge on any atom is 0.326 e. The van der Waals surface area contributed by atoms with Gasteiger partial charge in [0.15, 0.2) is 0 Å². The molecule has 1 amide bonds. The normalized spacial score (nSPS) is 24.0. The van der Waals surface area contributed by atoms with Crippen LogP contribution in [0.3, 0.4) is 0 Å². The van der Waals surface area contributed by atoms with Crippen LogP contribution in [0.1, 0.15) is 35.8 Å². The summed E-state index contributed by atoms with van der Waals surface area (Å²) in [6, 6.07) is 11.7. The molecule has 1 aromatic heterocycles. The Hall–Kier alpha value is -2.67. The van der Waals surface area contributed by atoms with Crippen molar-refractivity contribution in [2.24, 2.45) is 11.3 Å². The summed E-state index contributed by atoms with van der Waals surface area (Å²) in [6.45, 7) is 6.61. The molecule has 2 fully saturated rings. The van der Waals surface area contributed by atoms with Gasteiger partial charge in [-0.1, -0.05) is 37.3 Å². The number of H-pyrrole nitrogens is 2. The third-order valence-electron chi connectivity index (χ3n) is 6.40. The van der Waals surface area contributed by atoms with Crippen LogP contribution in [0.2, 0.25) is 0 Å². The summed E-state index contributed by atoms with van der Waals surface area (Å²) in [5, 5.41) is 0. The van der Waals surface area contributed by atoms with Gasteiger partial charge >= 0.3 is 5.69 Å². The number of carbonyl (C=O) groups is 1. The molecule has 2 saturated heterocycles. The van der Waals surface area contributed by atoms with Crippen molar-refractivity contribution in [3.63, 3.8) is 0 Å². The number of nitrogens with one attached hydrogen (secondary N) is 2. The van der Waals surface area contributed by atoms with E-state index in [1.807, 2.05) is 11.0 Å². The number of aryl methyl sites for hydroxylation is 1. The maximum atomic E-state index is 13.0. The molecule has 2 aliphatic rings. The minimum Gasteiger partial charge on any atom is -0.336 e. The van der Waals surface area contributed by atoms with Crippen LogP contribution in [0.25, 0.3) is 0 Å². The quantitative estimate of drug-likeness (QED) is 0.774. The summed E-state index contributed by atoms with van der Waals surface area (Å²) in [4.78, 5) is 45.1. The van der Waals surface area contributed by atoms with Gasteiger partial charge in [0.25, 0.3) is 11.5 Å². The summed E-state index contributed by atoms with van der Waals surface area (Å²) in [5.41, 5.74) is 0.250. The summed E-state index contributed by atoms with van der Waals surface area (Å²) in [6.07, 6.45) is 3.14. The van der Waals surface area contributed by atoms with Crippen LogP contribution >= 0.6 is 0 Å². The molecular weight excluding hydrogens is 368 g/mol. The van der Waals surface area contributed by atoms with Gasteiger partial charge in [-0.3, -0.25) is 14.6 Å². The molecular formula is C22H28N4O3. The Kier molecular flexibility index (Phi) is 5.41. The summed E-state index contributed by atoms with van der Waals surface area (Å²) < 4.78 is 0. The van der Waals surface area contributed by atoms with E-state index in [-0.39, 0.29) is 17.0 Å². The van der Waals surface area contributed by atoms with Crippen LogP contribution in [-0.4, -0.2) is 58.4 Å². The van der Waals surface area contributed by atoms with Gasteiger partial charge in [0, 0.05) is 37.7 Å². The number of fused-ring (bicyclic) bond motifs is 1. The smallest absolute Gasteiger partial charge is 0.326 e. The van der Waals surface area contributed by atoms with Gasteiger partial charge < -0.3 is 14.8 Å². The van der Waals surface area contributed by atoms with E-state index in [0.29, 0.717) is 19.0 Å². The number of nitrogens with zero attached hydrogens (tertiary/aromatic N) is 2. The Balaban J connectivity index is 1.54. The summed E-state index contributed by atoms with van der Waals surface area (Å²) in [5.74, 6) is 0.152. The lowest BCUT2D eigenvalue weighted by molar-refractivity contribution is 0.0750. The number of aromatic nitrogens is 2. The molecule has 0 radical (unpaired) electrons. The number of rotatable bonds is 6. The number of likely N-dealkylation sites (tertiary alicyclic amines) is 2. The zero-order chi connectivity index (χ0) is 20.4. The van der Waals surface area contributed by atoms with Crippen molar-refractivity contribution in [3.05, 3.63) is 68.5 Å². The Morgan fingerprint density at radius 1 is 1.14 bits per heavy atom. The highest BCUT2D eigenvalue weighted by molar-refractivity contribution is 5.92.